The van der Waals surface area contributed by atoms with Crippen LogP contribution in [0.2, 0.25) is 0 Å². The number of likely N-dealkylation sites (N-methyl/N-ethyl adjacent to an activating group) is 1. The fourth-order valence-electron chi connectivity index (χ4n) is 1.57. The third-order valence-electron chi connectivity index (χ3n) is 2.79. The van der Waals surface area contributed by atoms with Crippen LogP contribution in [0, 0.1) is 0 Å². The van der Waals surface area contributed by atoms with Gasteiger partial charge in [-0.1, -0.05) is 20.8 Å². The molecule has 7 heteroatoms. The van der Waals surface area contributed by atoms with Gasteiger partial charge in [0.2, 0.25) is 5.91 Å². The van der Waals surface area contributed by atoms with Gasteiger partial charge in [-0.15, -0.1) is 0 Å². The lowest BCUT2D eigenvalue weighted by atomic mass is 10.2. The second-order valence-corrected chi connectivity index (χ2v) is 4.93. The van der Waals surface area contributed by atoms with E-state index in [2.05, 4.69) is 25.9 Å². The minimum absolute atomic E-state index is 0.0798. The molecule has 1 aromatic heterocycles. The molecule has 0 aliphatic carbocycles. The number of amides is 2. The number of nitrogens with one attached hydrogen (secondary N) is 3. The Morgan fingerprint density at radius 2 is 2.05 bits per heavy atom. The molecule has 1 rings (SSSR count). The summed E-state index contributed by atoms with van der Waals surface area (Å²) in [5, 5.41) is 8.12. The van der Waals surface area contributed by atoms with Gasteiger partial charge in [-0.05, 0) is 6.42 Å². The van der Waals surface area contributed by atoms with Crippen molar-refractivity contribution in [1.82, 2.24) is 20.6 Å². The number of nitrogens with zero attached hydrogens (tertiary/aromatic N) is 2. The van der Waals surface area contributed by atoms with Crippen LogP contribution in [0.4, 0.5) is 5.69 Å². The molecule has 0 saturated heterocycles. The Morgan fingerprint density at radius 3 is 2.62 bits per heavy atom. The van der Waals surface area contributed by atoms with Crippen molar-refractivity contribution in [3.05, 3.63) is 17.7 Å². The van der Waals surface area contributed by atoms with Crippen molar-refractivity contribution in [2.45, 2.75) is 33.1 Å². The van der Waals surface area contributed by atoms with Gasteiger partial charge in [-0.2, -0.15) is 0 Å². The summed E-state index contributed by atoms with van der Waals surface area (Å²) >= 11 is 0. The topological polar surface area (TPSA) is 96.0 Å². The molecule has 116 valence electrons. The van der Waals surface area contributed by atoms with Crippen LogP contribution in [-0.4, -0.2) is 41.9 Å². The van der Waals surface area contributed by atoms with E-state index in [1.54, 1.807) is 6.20 Å². The zero-order chi connectivity index (χ0) is 15.8. The number of carbonyl (C=O) groups is 2. The van der Waals surface area contributed by atoms with E-state index in [4.69, 9.17) is 0 Å². The highest BCUT2D eigenvalue weighted by atomic mass is 16.2. The molecule has 0 aliphatic rings. The zero-order valence-corrected chi connectivity index (χ0v) is 13.0. The average molecular weight is 293 g/mol. The molecule has 0 spiro atoms. The largest absolute Gasteiger partial charge is 0.382 e. The number of hydrogen-bond acceptors (Lipinski definition) is 5. The van der Waals surface area contributed by atoms with Crippen LogP contribution in [0.25, 0.3) is 0 Å². The van der Waals surface area contributed by atoms with Crippen molar-refractivity contribution in [1.29, 1.82) is 0 Å². The van der Waals surface area contributed by atoms with Crippen LogP contribution < -0.4 is 16.0 Å². The molecule has 1 heterocycles. The fourth-order valence-corrected chi connectivity index (χ4v) is 1.57. The second kappa shape index (κ2) is 8.18. The molecule has 0 unspecified atom stereocenters. The molecule has 3 N–H and O–H groups in total. The molecule has 0 bridgehead atoms. The molecule has 7 nitrogen and oxygen atoms in total. The van der Waals surface area contributed by atoms with E-state index in [0.29, 0.717) is 11.5 Å². The second-order valence-electron chi connectivity index (χ2n) is 4.93. The van der Waals surface area contributed by atoms with Gasteiger partial charge in [-0.3, -0.25) is 9.59 Å². The molecule has 1 aromatic rings. The number of hydrogen-bond donors (Lipinski definition) is 3. The predicted molar refractivity (Wildman–Crippen MR) is 81.3 cm³/mol. The van der Waals surface area contributed by atoms with Crippen LogP contribution in [0.5, 0.6) is 0 Å². The Balaban J connectivity index is 2.95. The van der Waals surface area contributed by atoms with E-state index >= 15 is 0 Å². The van der Waals surface area contributed by atoms with E-state index in [1.807, 2.05) is 20.8 Å². The first-order chi connectivity index (χ1) is 9.99. The van der Waals surface area contributed by atoms with Gasteiger partial charge in [0, 0.05) is 19.5 Å². The van der Waals surface area contributed by atoms with E-state index in [1.165, 1.54) is 7.05 Å². The van der Waals surface area contributed by atoms with Gasteiger partial charge < -0.3 is 16.0 Å². The first kappa shape index (κ1) is 16.9. The van der Waals surface area contributed by atoms with Gasteiger partial charge >= 0.3 is 0 Å². The molecule has 0 fully saturated rings. The highest BCUT2D eigenvalue weighted by Gasteiger charge is 2.16. The Morgan fingerprint density at radius 1 is 1.33 bits per heavy atom. The lowest BCUT2D eigenvalue weighted by Crippen LogP contribution is -2.36. The summed E-state index contributed by atoms with van der Waals surface area (Å²) in [7, 11) is 1.52. The van der Waals surface area contributed by atoms with Gasteiger partial charge in [0.05, 0.1) is 18.4 Å². The quantitative estimate of drug-likeness (QED) is 0.694. The smallest absolute Gasteiger partial charge is 0.272 e. The lowest BCUT2D eigenvalue weighted by Gasteiger charge is -2.13. The maximum absolute atomic E-state index is 12.2. The summed E-state index contributed by atoms with van der Waals surface area (Å²) in [5.41, 5.74) is 0.849. The van der Waals surface area contributed by atoms with Crippen LogP contribution in [0.15, 0.2) is 6.20 Å². The van der Waals surface area contributed by atoms with E-state index < -0.39 is 0 Å². The minimum Gasteiger partial charge on any atom is -0.382 e. The third-order valence-corrected chi connectivity index (χ3v) is 2.79. The van der Waals surface area contributed by atoms with E-state index in [9.17, 15) is 9.59 Å². The van der Waals surface area contributed by atoms with Crippen molar-refractivity contribution >= 4 is 17.5 Å². The van der Waals surface area contributed by atoms with Gasteiger partial charge in [-0.25, -0.2) is 9.97 Å². The number of anilines is 1. The highest BCUT2D eigenvalue weighted by Crippen LogP contribution is 2.16. The Bertz CT molecular complexity index is 502. The summed E-state index contributed by atoms with van der Waals surface area (Å²) in [6.45, 7) is 6.59. The summed E-state index contributed by atoms with van der Waals surface area (Å²) < 4.78 is 0. The van der Waals surface area contributed by atoms with Crippen molar-refractivity contribution in [2.24, 2.45) is 0 Å². The number of carbonyl (C=O) groups excluding carboxylic acids is 2. The number of rotatable bonds is 7. The van der Waals surface area contributed by atoms with Gasteiger partial charge in [0.25, 0.3) is 5.91 Å². The van der Waals surface area contributed by atoms with Crippen LogP contribution in [0.3, 0.4) is 0 Å². The summed E-state index contributed by atoms with van der Waals surface area (Å²) in [6, 6.07) is 0. The van der Waals surface area contributed by atoms with Gasteiger partial charge in [0.15, 0.2) is 5.69 Å². The molecule has 0 saturated carbocycles. The summed E-state index contributed by atoms with van der Waals surface area (Å²) in [6.07, 6.45) is 2.54. The molecular formula is C14H23N5O2. The first-order valence-electron chi connectivity index (χ1n) is 7.09. The normalized spacial score (nSPS) is 10.3. The molecule has 0 aromatic carbocycles. The van der Waals surface area contributed by atoms with Crippen molar-refractivity contribution < 1.29 is 9.59 Å². The van der Waals surface area contributed by atoms with Crippen molar-refractivity contribution in [2.75, 3.05) is 25.5 Å². The number of aromatic nitrogens is 2. The maximum Gasteiger partial charge on any atom is 0.272 e. The van der Waals surface area contributed by atoms with Crippen LogP contribution in [0.1, 0.15) is 49.4 Å². The third kappa shape index (κ3) is 5.02. The van der Waals surface area contributed by atoms with Crippen molar-refractivity contribution in [3.63, 3.8) is 0 Å². The molecule has 2 amide bonds. The Kier molecular flexibility index (Phi) is 6.58. The zero-order valence-electron chi connectivity index (χ0n) is 13.0. The average Bonchev–Trinajstić information content (AvgIpc) is 2.49. The molecule has 0 aliphatic heterocycles. The fraction of sp³-hybridized carbons (Fsp3) is 0.571. The summed E-state index contributed by atoms with van der Waals surface area (Å²) in [4.78, 5) is 32.0. The van der Waals surface area contributed by atoms with Crippen molar-refractivity contribution in [3.8, 4) is 0 Å². The highest BCUT2D eigenvalue weighted by molar-refractivity contribution is 5.99. The minimum atomic E-state index is -0.387. The Labute approximate surface area is 124 Å². The SMILES string of the molecule is CCCNc1cnc(C(C)C)nc1C(=O)NCC(=O)NC. The van der Waals surface area contributed by atoms with E-state index in [-0.39, 0.29) is 30.0 Å². The summed E-state index contributed by atoms with van der Waals surface area (Å²) in [5.74, 6) is 0.0731. The standard InChI is InChI=1S/C14H23N5O2/c1-5-6-16-10-7-17-13(9(2)3)19-12(10)14(21)18-8-11(20)15-4/h7,9,16H,5-6,8H2,1-4H3,(H,15,20)(H,18,21). The molecule has 0 atom stereocenters. The molecule has 0 radical (unpaired) electrons. The first-order valence-corrected chi connectivity index (χ1v) is 7.09. The van der Waals surface area contributed by atoms with Crippen LogP contribution in [-0.2, 0) is 4.79 Å². The van der Waals surface area contributed by atoms with Crippen LogP contribution >= 0.6 is 0 Å². The monoisotopic (exact) mass is 293 g/mol. The van der Waals surface area contributed by atoms with E-state index in [0.717, 1.165) is 13.0 Å². The lowest BCUT2D eigenvalue weighted by molar-refractivity contribution is -0.119. The van der Waals surface area contributed by atoms with Gasteiger partial charge in [0.1, 0.15) is 5.82 Å². The predicted octanol–water partition coefficient (Wildman–Crippen LogP) is 0.898. The Hall–Kier alpha value is -2.18. The maximum atomic E-state index is 12.2. The molecular weight excluding hydrogens is 270 g/mol. The molecule has 21 heavy (non-hydrogen) atoms.